The molecule has 0 radical (unpaired) electrons. The van der Waals surface area contributed by atoms with Gasteiger partial charge in [-0.05, 0) is 33.1 Å². The highest BCUT2D eigenvalue weighted by atomic mass is 16.5. The Morgan fingerprint density at radius 2 is 1.87 bits per heavy atom. The minimum absolute atomic E-state index is 0.0512. The molecule has 1 heterocycles. The molecule has 0 bridgehead atoms. The lowest BCUT2D eigenvalue weighted by atomic mass is 9.91. The smallest absolute Gasteiger partial charge is 0.325 e. The van der Waals surface area contributed by atoms with Crippen molar-refractivity contribution in [2.75, 3.05) is 26.2 Å². The molecule has 1 aliphatic rings. The van der Waals surface area contributed by atoms with Gasteiger partial charge in [0.25, 0.3) is 0 Å². The van der Waals surface area contributed by atoms with Crippen molar-refractivity contribution >= 4 is 17.8 Å². The highest BCUT2D eigenvalue weighted by Gasteiger charge is 2.35. The predicted molar refractivity (Wildman–Crippen MR) is 86.4 cm³/mol. The van der Waals surface area contributed by atoms with Crippen LogP contribution < -0.4 is 11.1 Å². The average molecular weight is 327 g/mol. The minimum Gasteiger partial charge on any atom is -0.465 e. The molecule has 0 saturated carbocycles. The van der Waals surface area contributed by atoms with Gasteiger partial charge >= 0.3 is 5.97 Å². The topological polar surface area (TPSA) is 102 Å². The van der Waals surface area contributed by atoms with Gasteiger partial charge in [0.15, 0.2) is 0 Å². The van der Waals surface area contributed by atoms with Crippen LogP contribution in [0, 0.1) is 5.92 Å². The van der Waals surface area contributed by atoms with Crippen LogP contribution >= 0.6 is 0 Å². The summed E-state index contributed by atoms with van der Waals surface area (Å²) in [7, 11) is 0. The van der Waals surface area contributed by atoms with Crippen LogP contribution in [0.3, 0.4) is 0 Å². The lowest BCUT2D eigenvalue weighted by Gasteiger charge is -2.36. The molecule has 23 heavy (non-hydrogen) atoms. The zero-order chi connectivity index (χ0) is 17.5. The quantitative estimate of drug-likeness (QED) is 0.660. The third kappa shape index (κ3) is 5.82. The number of nitrogens with two attached hydrogens (primary N) is 1. The van der Waals surface area contributed by atoms with Gasteiger partial charge in [-0.15, -0.1) is 0 Å². The van der Waals surface area contributed by atoms with Crippen molar-refractivity contribution in [3.05, 3.63) is 0 Å². The van der Waals surface area contributed by atoms with Crippen molar-refractivity contribution in [1.82, 2.24) is 10.2 Å². The van der Waals surface area contributed by atoms with E-state index < -0.39 is 11.5 Å². The van der Waals surface area contributed by atoms with Crippen LogP contribution in [0.25, 0.3) is 0 Å². The molecule has 1 saturated heterocycles. The van der Waals surface area contributed by atoms with E-state index >= 15 is 0 Å². The second-order valence-electron chi connectivity index (χ2n) is 6.26. The highest BCUT2D eigenvalue weighted by Crippen LogP contribution is 2.21. The number of hydrogen-bond donors (Lipinski definition) is 2. The van der Waals surface area contributed by atoms with E-state index in [0.717, 1.165) is 6.42 Å². The van der Waals surface area contributed by atoms with E-state index in [-0.39, 0.29) is 24.3 Å². The molecule has 0 aromatic heterocycles. The number of carbonyl (C=O) groups excluding carboxylic acids is 3. The molecule has 0 aromatic carbocycles. The van der Waals surface area contributed by atoms with Crippen LogP contribution in [0.15, 0.2) is 0 Å². The first-order chi connectivity index (χ1) is 10.8. The fourth-order valence-electron chi connectivity index (χ4n) is 2.85. The van der Waals surface area contributed by atoms with E-state index in [1.165, 1.54) is 0 Å². The van der Waals surface area contributed by atoms with E-state index in [0.29, 0.717) is 39.0 Å². The predicted octanol–water partition coefficient (Wildman–Crippen LogP) is 0.422. The van der Waals surface area contributed by atoms with Crippen molar-refractivity contribution in [2.45, 2.75) is 52.0 Å². The van der Waals surface area contributed by atoms with Crippen LogP contribution in [0.2, 0.25) is 0 Å². The van der Waals surface area contributed by atoms with Crippen molar-refractivity contribution in [1.29, 1.82) is 0 Å². The van der Waals surface area contributed by atoms with E-state index in [1.807, 2.05) is 6.92 Å². The SMILES string of the molecule is CCCC(C)(N)C(=O)N1CCC(C(=O)NCC(=O)OCC)CC1. The van der Waals surface area contributed by atoms with E-state index in [9.17, 15) is 14.4 Å². The van der Waals surface area contributed by atoms with Gasteiger partial charge in [0.05, 0.1) is 12.1 Å². The Morgan fingerprint density at radius 1 is 1.26 bits per heavy atom. The number of carbonyl (C=O) groups is 3. The molecular formula is C16H29N3O4. The van der Waals surface area contributed by atoms with Gasteiger partial charge in [-0.3, -0.25) is 14.4 Å². The average Bonchev–Trinajstić information content (AvgIpc) is 2.52. The number of amides is 2. The van der Waals surface area contributed by atoms with E-state index in [1.54, 1.807) is 18.7 Å². The largest absolute Gasteiger partial charge is 0.465 e. The number of hydrogen-bond acceptors (Lipinski definition) is 5. The van der Waals surface area contributed by atoms with Crippen LogP contribution in [-0.4, -0.2) is 54.5 Å². The molecule has 0 aromatic rings. The summed E-state index contributed by atoms with van der Waals surface area (Å²) < 4.78 is 4.77. The molecule has 1 unspecified atom stereocenters. The van der Waals surface area contributed by atoms with Crippen molar-refractivity contribution in [3.63, 3.8) is 0 Å². The van der Waals surface area contributed by atoms with Gasteiger partial charge in [0, 0.05) is 19.0 Å². The first-order valence-corrected chi connectivity index (χ1v) is 8.33. The van der Waals surface area contributed by atoms with Gasteiger partial charge in [-0.25, -0.2) is 0 Å². The summed E-state index contributed by atoms with van der Waals surface area (Å²) in [5, 5.41) is 2.59. The summed E-state index contributed by atoms with van der Waals surface area (Å²) in [5.74, 6) is -0.824. The molecule has 132 valence electrons. The molecule has 1 fully saturated rings. The molecule has 2 amide bonds. The Kier molecular flexibility index (Phi) is 7.48. The third-order valence-electron chi connectivity index (χ3n) is 4.12. The van der Waals surface area contributed by atoms with Crippen LogP contribution in [0.5, 0.6) is 0 Å². The zero-order valence-corrected chi connectivity index (χ0v) is 14.4. The number of ether oxygens (including phenoxy) is 1. The number of nitrogens with zero attached hydrogens (tertiary/aromatic N) is 1. The maximum Gasteiger partial charge on any atom is 0.325 e. The Morgan fingerprint density at radius 3 is 2.39 bits per heavy atom. The van der Waals surface area contributed by atoms with Gasteiger partial charge in [0.1, 0.15) is 6.54 Å². The van der Waals surface area contributed by atoms with Gasteiger partial charge in [-0.2, -0.15) is 0 Å². The first-order valence-electron chi connectivity index (χ1n) is 8.33. The van der Waals surface area contributed by atoms with Crippen LogP contribution in [0.4, 0.5) is 0 Å². The van der Waals surface area contributed by atoms with Crippen LogP contribution in [-0.2, 0) is 19.1 Å². The van der Waals surface area contributed by atoms with Crippen molar-refractivity contribution in [3.8, 4) is 0 Å². The summed E-state index contributed by atoms with van der Waals surface area (Å²) in [4.78, 5) is 37.4. The summed E-state index contributed by atoms with van der Waals surface area (Å²) in [6.45, 7) is 6.71. The molecular weight excluding hydrogens is 298 g/mol. The Labute approximate surface area is 137 Å². The maximum atomic E-state index is 12.4. The molecule has 3 N–H and O–H groups in total. The standard InChI is InChI=1S/C16H29N3O4/c1-4-8-16(3,17)15(22)19-9-6-12(7-10-19)14(21)18-11-13(20)23-5-2/h12H,4-11,17H2,1-3H3,(H,18,21). The van der Waals surface area contributed by atoms with Crippen LogP contribution in [0.1, 0.15) is 46.5 Å². The molecule has 0 aliphatic carbocycles. The molecule has 1 aliphatic heterocycles. The second kappa shape index (κ2) is 8.86. The van der Waals surface area contributed by atoms with E-state index in [4.69, 9.17) is 10.5 Å². The van der Waals surface area contributed by atoms with Gasteiger partial charge in [-0.1, -0.05) is 13.3 Å². The van der Waals surface area contributed by atoms with E-state index in [2.05, 4.69) is 5.32 Å². The third-order valence-corrected chi connectivity index (χ3v) is 4.12. The second-order valence-corrected chi connectivity index (χ2v) is 6.26. The summed E-state index contributed by atoms with van der Waals surface area (Å²) in [6.07, 6.45) is 2.67. The lowest BCUT2D eigenvalue weighted by molar-refractivity contribution is -0.144. The molecule has 7 heteroatoms. The fraction of sp³-hybridized carbons (Fsp3) is 0.812. The summed E-state index contributed by atoms with van der Waals surface area (Å²) in [6, 6.07) is 0. The molecule has 1 atom stereocenters. The molecule has 1 rings (SSSR count). The maximum absolute atomic E-state index is 12.4. The number of piperidine rings is 1. The van der Waals surface area contributed by atoms with Crippen molar-refractivity contribution < 1.29 is 19.1 Å². The first kappa shape index (κ1) is 19.4. The molecule has 7 nitrogen and oxygen atoms in total. The van der Waals surface area contributed by atoms with Crippen molar-refractivity contribution in [2.24, 2.45) is 11.7 Å². The highest BCUT2D eigenvalue weighted by molar-refractivity contribution is 5.86. The minimum atomic E-state index is -0.840. The summed E-state index contributed by atoms with van der Waals surface area (Å²) >= 11 is 0. The van der Waals surface area contributed by atoms with Gasteiger partial charge < -0.3 is 20.7 Å². The van der Waals surface area contributed by atoms with Gasteiger partial charge in [0.2, 0.25) is 11.8 Å². The fourth-order valence-corrected chi connectivity index (χ4v) is 2.85. The monoisotopic (exact) mass is 327 g/mol. The number of likely N-dealkylation sites (tertiary alicyclic amines) is 1. The normalized spacial score (nSPS) is 18.2. The summed E-state index contributed by atoms with van der Waals surface area (Å²) in [5.41, 5.74) is 5.24. The Hall–Kier alpha value is -1.63. The lowest BCUT2D eigenvalue weighted by Crippen LogP contribution is -2.55. The zero-order valence-electron chi connectivity index (χ0n) is 14.4. The molecule has 0 spiro atoms. The number of nitrogens with one attached hydrogen (secondary N) is 1. The Balaban J connectivity index is 2.41. The Bertz CT molecular complexity index is 429. The number of rotatable bonds is 7. The number of esters is 1.